The first kappa shape index (κ1) is 14.8. The van der Waals surface area contributed by atoms with Gasteiger partial charge in [0.25, 0.3) is 0 Å². The highest BCUT2D eigenvalue weighted by Crippen LogP contribution is 2.22. The van der Waals surface area contributed by atoms with E-state index in [0.29, 0.717) is 18.8 Å². The molecule has 1 atom stereocenters. The fourth-order valence-corrected chi connectivity index (χ4v) is 2.41. The number of para-hydroxylation sites is 1. The van der Waals surface area contributed by atoms with Crippen LogP contribution in [0.5, 0.6) is 0 Å². The van der Waals surface area contributed by atoms with Gasteiger partial charge in [0, 0.05) is 13.1 Å². The molecule has 1 amide bonds. The molecule has 1 heterocycles. The molecule has 20 heavy (non-hydrogen) atoms. The molecule has 1 aliphatic rings. The maximum atomic E-state index is 12.1. The summed E-state index contributed by atoms with van der Waals surface area (Å²) in [5.74, 6) is -0.0252. The second kappa shape index (κ2) is 6.72. The van der Waals surface area contributed by atoms with Gasteiger partial charge in [0.1, 0.15) is 0 Å². The topological polar surface area (TPSA) is 67.6 Å². The summed E-state index contributed by atoms with van der Waals surface area (Å²) in [5, 5.41) is 2.91. The molecule has 110 valence electrons. The standard InChI is InChI=1S/C15H23N3O2/c1-3-12-9-18(7-8-20-12)10-14(19)17-15-11(2)5-4-6-13(15)16/h4-6,12H,3,7-10,16H2,1-2H3,(H,17,19). The molecule has 2 rings (SSSR count). The van der Waals surface area contributed by atoms with Crippen molar-refractivity contribution in [1.82, 2.24) is 4.90 Å². The van der Waals surface area contributed by atoms with Gasteiger partial charge in [-0.1, -0.05) is 19.1 Å². The smallest absolute Gasteiger partial charge is 0.238 e. The third-order valence-corrected chi connectivity index (χ3v) is 3.61. The van der Waals surface area contributed by atoms with Crippen LogP contribution in [0.4, 0.5) is 11.4 Å². The zero-order chi connectivity index (χ0) is 14.5. The Morgan fingerprint density at radius 2 is 2.35 bits per heavy atom. The van der Waals surface area contributed by atoms with Crippen molar-refractivity contribution < 1.29 is 9.53 Å². The molecule has 0 radical (unpaired) electrons. The molecule has 0 aromatic heterocycles. The first-order chi connectivity index (χ1) is 9.60. The Morgan fingerprint density at radius 3 is 3.05 bits per heavy atom. The highest BCUT2D eigenvalue weighted by atomic mass is 16.5. The molecule has 0 spiro atoms. The number of anilines is 2. The van der Waals surface area contributed by atoms with E-state index in [2.05, 4.69) is 17.1 Å². The van der Waals surface area contributed by atoms with E-state index in [4.69, 9.17) is 10.5 Å². The second-order valence-electron chi connectivity index (χ2n) is 5.22. The van der Waals surface area contributed by atoms with Crippen LogP contribution in [0.1, 0.15) is 18.9 Å². The van der Waals surface area contributed by atoms with E-state index in [-0.39, 0.29) is 12.0 Å². The van der Waals surface area contributed by atoms with Gasteiger partial charge in [-0.05, 0) is 25.0 Å². The van der Waals surface area contributed by atoms with Crippen molar-refractivity contribution in [2.75, 3.05) is 37.3 Å². The lowest BCUT2D eigenvalue weighted by Crippen LogP contribution is -2.45. The Hall–Kier alpha value is -1.59. The van der Waals surface area contributed by atoms with Crippen molar-refractivity contribution in [2.24, 2.45) is 0 Å². The SMILES string of the molecule is CCC1CN(CC(=O)Nc2c(C)cccc2N)CCO1. The summed E-state index contributed by atoms with van der Waals surface area (Å²) in [6.07, 6.45) is 1.21. The number of rotatable bonds is 4. The molecule has 1 fully saturated rings. The van der Waals surface area contributed by atoms with Crippen LogP contribution in [0, 0.1) is 6.92 Å². The average molecular weight is 277 g/mol. The van der Waals surface area contributed by atoms with Crippen LogP contribution in [-0.4, -0.2) is 43.2 Å². The van der Waals surface area contributed by atoms with Crippen molar-refractivity contribution in [2.45, 2.75) is 26.4 Å². The lowest BCUT2D eigenvalue weighted by atomic mass is 10.1. The lowest BCUT2D eigenvalue weighted by Gasteiger charge is -2.31. The molecule has 1 aromatic carbocycles. The second-order valence-corrected chi connectivity index (χ2v) is 5.22. The number of aryl methyl sites for hydroxylation is 1. The molecule has 0 bridgehead atoms. The Labute approximate surface area is 120 Å². The van der Waals surface area contributed by atoms with Crippen molar-refractivity contribution in [1.29, 1.82) is 0 Å². The third-order valence-electron chi connectivity index (χ3n) is 3.61. The summed E-state index contributed by atoms with van der Waals surface area (Å²) >= 11 is 0. The summed E-state index contributed by atoms with van der Waals surface area (Å²) < 4.78 is 5.60. The Bertz CT molecular complexity index is 456. The van der Waals surface area contributed by atoms with Crippen molar-refractivity contribution >= 4 is 17.3 Å². The van der Waals surface area contributed by atoms with Crippen LogP contribution in [0.2, 0.25) is 0 Å². The van der Waals surface area contributed by atoms with E-state index in [1.54, 1.807) is 6.07 Å². The zero-order valence-electron chi connectivity index (χ0n) is 12.2. The molecule has 1 unspecified atom stereocenters. The van der Waals surface area contributed by atoms with Crippen LogP contribution in [0.25, 0.3) is 0 Å². The van der Waals surface area contributed by atoms with Gasteiger partial charge in [-0.25, -0.2) is 0 Å². The van der Waals surface area contributed by atoms with E-state index < -0.39 is 0 Å². The van der Waals surface area contributed by atoms with Gasteiger partial charge in [0.05, 0.1) is 30.6 Å². The molecule has 5 heteroatoms. The maximum Gasteiger partial charge on any atom is 0.238 e. The van der Waals surface area contributed by atoms with Crippen LogP contribution in [-0.2, 0) is 9.53 Å². The molecule has 0 saturated carbocycles. The number of nitrogens with zero attached hydrogens (tertiary/aromatic N) is 1. The van der Waals surface area contributed by atoms with Gasteiger partial charge in [0.2, 0.25) is 5.91 Å². The number of benzene rings is 1. The third kappa shape index (κ3) is 3.71. The largest absolute Gasteiger partial charge is 0.397 e. The zero-order valence-corrected chi connectivity index (χ0v) is 12.2. The molecular weight excluding hydrogens is 254 g/mol. The average Bonchev–Trinajstić information content (AvgIpc) is 2.43. The highest BCUT2D eigenvalue weighted by Gasteiger charge is 2.21. The summed E-state index contributed by atoms with van der Waals surface area (Å²) in [6.45, 7) is 6.72. The van der Waals surface area contributed by atoms with Crippen LogP contribution in [0.15, 0.2) is 18.2 Å². The van der Waals surface area contributed by atoms with Gasteiger partial charge in [0.15, 0.2) is 0 Å². The first-order valence-corrected chi connectivity index (χ1v) is 7.09. The van der Waals surface area contributed by atoms with Gasteiger partial charge >= 0.3 is 0 Å². The molecule has 1 saturated heterocycles. The van der Waals surface area contributed by atoms with Gasteiger partial charge in [-0.2, -0.15) is 0 Å². The van der Waals surface area contributed by atoms with E-state index >= 15 is 0 Å². The molecule has 0 aliphatic carbocycles. The van der Waals surface area contributed by atoms with Crippen LogP contribution in [0.3, 0.4) is 0 Å². The number of carbonyl (C=O) groups is 1. The number of nitrogens with one attached hydrogen (secondary N) is 1. The van der Waals surface area contributed by atoms with E-state index in [1.807, 2.05) is 19.1 Å². The van der Waals surface area contributed by atoms with E-state index in [1.165, 1.54) is 0 Å². The quantitative estimate of drug-likeness (QED) is 0.821. The van der Waals surface area contributed by atoms with Crippen molar-refractivity contribution in [3.63, 3.8) is 0 Å². The van der Waals surface area contributed by atoms with Gasteiger partial charge < -0.3 is 15.8 Å². The van der Waals surface area contributed by atoms with Crippen molar-refractivity contribution in [3.05, 3.63) is 23.8 Å². The number of nitrogens with two attached hydrogens (primary N) is 1. The predicted molar refractivity (Wildman–Crippen MR) is 80.7 cm³/mol. The summed E-state index contributed by atoms with van der Waals surface area (Å²) in [7, 11) is 0. The summed E-state index contributed by atoms with van der Waals surface area (Å²) in [5.41, 5.74) is 8.20. The monoisotopic (exact) mass is 277 g/mol. The number of hydrogen-bond donors (Lipinski definition) is 2. The number of hydrogen-bond acceptors (Lipinski definition) is 4. The van der Waals surface area contributed by atoms with Crippen LogP contribution < -0.4 is 11.1 Å². The van der Waals surface area contributed by atoms with E-state index in [9.17, 15) is 4.79 Å². The number of morpholine rings is 1. The minimum atomic E-state index is -0.0252. The Kier molecular flexibility index (Phi) is 4.98. The Balaban J connectivity index is 1.92. The number of amides is 1. The minimum Gasteiger partial charge on any atom is -0.397 e. The summed E-state index contributed by atoms with van der Waals surface area (Å²) in [4.78, 5) is 14.3. The number of ether oxygens (including phenoxy) is 1. The lowest BCUT2D eigenvalue weighted by molar-refractivity contribution is -0.119. The van der Waals surface area contributed by atoms with Crippen molar-refractivity contribution in [3.8, 4) is 0 Å². The fourth-order valence-electron chi connectivity index (χ4n) is 2.41. The minimum absolute atomic E-state index is 0.0252. The van der Waals surface area contributed by atoms with Gasteiger partial charge in [-0.3, -0.25) is 9.69 Å². The number of carbonyl (C=O) groups excluding carboxylic acids is 1. The normalized spacial score (nSPS) is 19.8. The molecular formula is C15H23N3O2. The highest BCUT2D eigenvalue weighted by molar-refractivity contribution is 5.96. The number of nitrogen functional groups attached to an aromatic ring is 1. The molecule has 5 nitrogen and oxygen atoms in total. The fraction of sp³-hybridized carbons (Fsp3) is 0.533. The summed E-state index contributed by atoms with van der Waals surface area (Å²) in [6, 6.07) is 5.62. The molecule has 1 aliphatic heterocycles. The molecule has 3 N–H and O–H groups in total. The maximum absolute atomic E-state index is 12.1. The Morgan fingerprint density at radius 1 is 1.55 bits per heavy atom. The van der Waals surface area contributed by atoms with Gasteiger partial charge in [-0.15, -0.1) is 0 Å². The van der Waals surface area contributed by atoms with Crippen LogP contribution >= 0.6 is 0 Å². The van der Waals surface area contributed by atoms with E-state index in [0.717, 1.165) is 30.8 Å². The first-order valence-electron chi connectivity index (χ1n) is 7.09. The predicted octanol–water partition coefficient (Wildman–Crippen LogP) is 1.63. The molecule has 1 aromatic rings.